The van der Waals surface area contributed by atoms with Crippen LogP contribution in [0.4, 0.5) is 0 Å². The van der Waals surface area contributed by atoms with Crippen LogP contribution in [-0.4, -0.2) is 31.6 Å². The smallest absolute Gasteiger partial charge is 0.308 e. The van der Waals surface area contributed by atoms with Gasteiger partial charge in [-0.05, 0) is 48.9 Å². The van der Waals surface area contributed by atoms with Gasteiger partial charge in [0.2, 0.25) is 0 Å². The molecule has 0 aliphatic heterocycles. The number of benzene rings is 2. The van der Waals surface area contributed by atoms with Crippen molar-refractivity contribution in [1.82, 2.24) is 10.6 Å². The van der Waals surface area contributed by atoms with E-state index in [-0.39, 0.29) is 35.9 Å². The summed E-state index contributed by atoms with van der Waals surface area (Å²) in [4.78, 5) is 16.2. The second-order valence-electron chi connectivity index (χ2n) is 7.01. The van der Waals surface area contributed by atoms with Crippen LogP contribution in [0.5, 0.6) is 0 Å². The lowest BCUT2D eigenvalue weighted by Crippen LogP contribution is -2.45. The van der Waals surface area contributed by atoms with Crippen molar-refractivity contribution in [2.24, 2.45) is 10.9 Å². The van der Waals surface area contributed by atoms with Gasteiger partial charge in [0, 0.05) is 19.6 Å². The summed E-state index contributed by atoms with van der Waals surface area (Å²) in [6.07, 6.45) is 3.66. The minimum atomic E-state index is -0.0468. The van der Waals surface area contributed by atoms with Crippen LogP contribution in [0.1, 0.15) is 38.2 Å². The van der Waals surface area contributed by atoms with Crippen LogP contribution in [0.15, 0.2) is 47.5 Å². The number of halogens is 1. The Bertz CT molecular complexity index is 796. The Morgan fingerprint density at radius 3 is 2.54 bits per heavy atom. The molecule has 2 aromatic rings. The zero-order valence-corrected chi connectivity index (χ0v) is 18.9. The van der Waals surface area contributed by atoms with Crippen molar-refractivity contribution in [2.45, 2.75) is 45.2 Å². The average molecular weight is 495 g/mol. The molecule has 1 aliphatic rings. The molecule has 0 bridgehead atoms. The predicted octanol–water partition coefficient (Wildman–Crippen LogP) is 4.24. The van der Waals surface area contributed by atoms with Crippen molar-refractivity contribution in [3.05, 3.63) is 48.0 Å². The summed E-state index contributed by atoms with van der Waals surface area (Å²) in [6, 6.07) is 15.1. The van der Waals surface area contributed by atoms with E-state index < -0.39 is 0 Å². The van der Waals surface area contributed by atoms with Gasteiger partial charge >= 0.3 is 5.97 Å². The van der Waals surface area contributed by atoms with Crippen molar-refractivity contribution in [3.63, 3.8) is 0 Å². The Labute approximate surface area is 184 Å². The highest BCUT2D eigenvalue weighted by Crippen LogP contribution is 2.25. The molecule has 0 aromatic heterocycles. The number of fused-ring (bicyclic) bond motifs is 1. The van der Waals surface area contributed by atoms with E-state index >= 15 is 0 Å². The molecule has 1 saturated carbocycles. The van der Waals surface area contributed by atoms with E-state index in [9.17, 15) is 4.79 Å². The summed E-state index contributed by atoms with van der Waals surface area (Å²) >= 11 is 0. The molecule has 0 heterocycles. The quantitative estimate of drug-likeness (QED) is 0.282. The third kappa shape index (κ3) is 5.83. The second-order valence-corrected chi connectivity index (χ2v) is 7.01. The van der Waals surface area contributed by atoms with E-state index in [0.717, 1.165) is 38.2 Å². The number of hydrogen-bond donors (Lipinski definition) is 2. The molecular weight excluding hydrogens is 465 g/mol. The molecule has 0 radical (unpaired) electrons. The van der Waals surface area contributed by atoms with E-state index in [1.807, 2.05) is 6.92 Å². The van der Waals surface area contributed by atoms with Gasteiger partial charge in [0.15, 0.2) is 5.96 Å². The van der Waals surface area contributed by atoms with Crippen molar-refractivity contribution in [2.75, 3.05) is 13.7 Å². The van der Waals surface area contributed by atoms with Crippen LogP contribution in [0, 0.1) is 5.92 Å². The summed E-state index contributed by atoms with van der Waals surface area (Å²) < 4.78 is 5.15. The Kier molecular flexibility index (Phi) is 9.02. The molecule has 0 unspecified atom stereocenters. The normalized spacial score (nSPS) is 19.6. The molecule has 0 spiro atoms. The second kappa shape index (κ2) is 11.2. The van der Waals surface area contributed by atoms with Crippen LogP contribution in [0.25, 0.3) is 10.8 Å². The first-order chi connectivity index (χ1) is 13.2. The molecule has 28 heavy (non-hydrogen) atoms. The molecular formula is C22H30IN3O2. The Morgan fingerprint density at radius 1 is 1.11 bits per heavy atom. The Morgan fingerprint density at radius 2 is 1.82 bits per heavy atom. The first kappa shape index (κ1) is 22.5. The lowest BCUT2D eigenvalue weighted by atomic mass is 9.86. The summed E-state index contributed by atoms with van der Waals surface area (Å²) in [7, 11) is 1.79. The number of carbonyl (C=O) groups is 1. The van der Waals surface area contributed by atoms with Gasteiger partial charge in [-0.3, -0.25) is 9.79 Å². The zero-order valence-electron chi connectivity index (χ0n) is 16.6. The first-order valence-corrected chi connectivity index (χ1v) is 9.81. The summed E-state index contributed by atoms with van der Waals surface area (Å²) in [6.45, 7) is 3.04. The maximum Gasteiger partial charge on any atom is 0.308 e. The van der Waals surface area contributed by atoms with Gasteiger partial charge in [0.1, 0.15) is 0 Å². The fraction of sp³-hybridized carbons (Fsp3) is 0.455. The van der Waals surface area contributed by atoms with E-state index in [4.69, 9.17) is 4.74 Å². The molecule has 2 aromatic carbocycles. The van der Waals surface area contributed by atoms with E-state index in [2.05, 4.69) is 58.1 Å². The Balaban J connectivity index is 0.00000280. The van der Waals surface area contributed by atoms with Crippen LogP contribution in [0.3, 0.4) is 0 Å². The number of aliphatic imine (C=N–C) groups is 1. The van der Waals surface area contributed by atoms with Gasteiger partial charge in [0.25, 0.3) is 0 Å². The van der Waals surface area contributed by atoms with Gasteiger partial charge in [-0.15, -0.1) is 24.0 Å². The van der Waals surface area contributed by atoms with Gasteiger partial charge in [-0.2, -0.15) is 0 Å². The van der Waals surface area contributed by atoms with Gasteiger partial charge < -0.3 is 15.4 Å². The average Bonchev–Trinajstić information content (AvgIpc) is 2.71. The molecule has 2 N–H and O–H groups in total. The largest absolute Gasteiger partial charge is 0.466 e. The Hall–Kier alpha value is -1.83. The molecule has 1 aliphatic carbocycles. The summed E-state index contributed by atoms with van der Waals surface area (Å²) in [5.74, 6) is 0.811. The van der Waals surface area contributed by atoms with Gasteiger partial charge in [0.05, 0.1) is 12.5 Å². The lowest BCUT2D eigenvalue weighted by molar-refractivity contribution is -0.149. The highest BCUT2D eigenvalue weighted by atomic mass is 127. The monoisotopic (exact) mass is 495 g/mol. The van der Waals surface area contributed by atoms with E-state index in [1.165, 1.54) is 16.3 Å². The highest BCUT2D eigenvalue weighted by Gasteiger charge is 2.27. The number of rotatable bonds is 5. The fourth-order valence-electron chi connectivity index (χ4n) is 3.75. The standard InChI is InChI=1S/C22H29N3O2.HI/c1-3-27-21(26)17-11-13-19(14-12-17)25-22(23-2)24-15-18-9-6-8-16-7-4-5-10-20(16)18;/h4-10,17,19H,3,11-15H2,1-2H3,(H2,23,24,25);1H. The van der Waals surface area contributed by atoms with Crippen LogP contribution in [0.2, 0.25) is 0 Å². The summed E-state index contributed by atoms with van der Waals surface area (Å²) in [5.41, 5.74) is 1.25. The minimum absolute atomic E-state index is 0. The topological polar surface area (TPSA) is 62.7 Å². The van der Waals surface area contributed by atoms with Crippen molar-refractivity contribution >= 4 is 46.7 Å². The number of guanidine groups is 1. The van der Waals surface area contributed by atoms with Gasteiger partial charge in [-0.1, -0.05) is 42.5 Å². The molecule has 0 atom stereocenters. The third-order valence-corrected chi connectivity index (χ3v) is 5.24. The highest BCUT2D eigenvalue weighted by molar-refractivity contribution is 14.0. The van der Waals surface area contributed by atoms with Crippen molar-refractivity contribution < 1.29 is 9.53 Å². The fourth-order valence-corrected chi connectivity index (χ4v) is 3.75. The van der Waals surface area contributed by atoms with Crippen LogP contribution < -0.4 is 10.6 Å². The number of carbonyl (C=O) groups excluding carboxylic acids is 1. The maximum absolute atomic E-state index is 11.9. The molecule has 3 rings (SSSR count). The molecule has 6 heteroatoms. The molecule has 0 saturated heterocycles. The number of esters is 1. The SMILES string of the molecule is CCOC(=O)C1CCC(NC(=NC)NCc2cccc3ccccc23)CC1.I. The van der Waals surface area contributed by atoms with Gasteiger partial charge in [-0.25, -0.2) is 0 Å². The van der Waals surface area contributed by atoms with Crippen LogP contribution >= 0.6 is 24.0 Å². The van der Waals surface area contributed by atoms with Crippen molar-refractivity contribution in [3.8, 4) is 0 Å². The zero-order chi connectivity index (χ0) is 19.1. The first-order valence-electron chi connectivity index (χ1n) is 9.81. The maximum atomic E-state index is 11.9. The molecule has 5 nitrogen and oxygen atoms in total. The predicted molar refractivity (Wildman–Crippen MR) is 125 cm³/mol. The number of nitrogens with one attached hydrogen (secondary N) is 2. The summed E-state index contributed by atoms with van der Waals surface area (Å²) in [5, 5.41) is 9.44. The number of hydrogen-bond acceptors (Lipinski definition) is 3. The number of nitrogens with zero attached hydrogens (tertiary/aromatic N) is 1. The van der Waals surface area contributed by atoms with E-state index in [1.54, 1.807) is 7.05 Å². The van der Waals surface area contributed by atoms with Crippen LogP contribution in [-0.2, 0) is 16.1 Å². The molecule has 152 valence electrons. The van der Waals surface area contributed by atoms with Crippen molar-refractivity contribution in [1.29, 1.82) is 0 Å². The minimum Gasteiger partial charge on any atom is -0.466 e. The third-order valence-electron chi connectivity index (χ3n) is 5.24. The molecule has 0 amide bonds. The lowest BCUT2D eigenvalue weighted by Gasteiger charge is -2.29. The number of ether oxygens (including phenoxy) is 1. The molecule has 1 fully saturated rings. The van der Waals surface area contributed by atoms with E-state index in [0.29, 0.717) is 12.6 Å².